The smallest absolute Gasteiger partial charge is 0.154 e. The van der Waals surface area contributed by atoms with Crippen molar-refractivity contribution >= 4 is 5.71 Å². The Morgan fingerprint density at radius 3 is 2.44 bits per heavy atom. The summed E-state index contributed by atoms with van der Waals surface area (Å²) in [7, 11) is 0. The quantitative estimate of drug-likeness (QED) is 0.349. The fourth-order valence-corrected chi connectivity index (χ4v) is 3.64. The maximum absolute atomic E-state index is 13.8. The molecule has 0 heterocycles. The number of halogens is 1. The van der Waals surface area contributed by atoms with Crippen molar-refractivity contribution in [1.82, 2.24) is 10.6 Å². The van der Waals surface area contributed by atoms with Crippen LogP contribution in [0.3, 0.4) is 0 Å². The highest BCUT2D eigenvalue weighted by Gasteiger charge is 2.49. The molecule has 0 aliphatic heterocycles. The van der Waals surface area contributed by atoms with E-state index in [0.717, 1.165) is 5.71 Å². The molecule has 3 nitrogen and oxygen atoms in total. The average molecular weight is 352 g/mol. The maximum atomic E-state index is 13.8. The standard InChI is InChI=1S/C21H38FN3/c1-15(2)23-19(24-17(4)11-12-20(5,6)22)25-21(13-14-21)18-9-7-16(3)8-10-18/h7,9,15-16,18-19,23,25H,8,10-14H2,1-6H3/t16-,18+,19?/m1/s1. The van der Waals surface area contributed by atoms with E-state index in [-0.39, 0.29) is 11.8 Å². The van der Waals surface area contributed by atoms with E-state index in [2.05, 4.69) is 43.6 Å². The van der Waals surface area contributed by atoms with Crippen LogP contribution < -0.4 is 10.6 Å². The number of nitrogens with zero attached hydrogens (tertiary/aromatic N) is 1. The van der Waals surface area contributed by atoms with Crippen LogP contribution in [0.4, 0.5) is 4.39 Å². The Morgan fingerprint density at radius 1 is 1.28 bits per heavy atom. The highest BCUT2D eigenvalue weighted by molar-refractivity contribution is 5.82. The van der Waals surface area contributed by atoms with Crippen molar-refractivity contribution in [2.75, 3.05) is 0 Å². The van der Waals surface area contributed by atoms with E-state index in [1.165, 1.54) is 25.7 Å². The molecule has 0 aromatic rings. The van der Waals surface area contributed by atoms with Crippen molar-refractivity contribution < 1.29 is 4.39 Å². The third-order valence-corrected chi connectivity index (χ3v) is 5.45. The van der Waals surface area contributed by atoms with Crippen molar-refractivity contribution in [3.8, 4) is 0 Å². The second kappa shape index (κ2) is 8.30. The normalized spacial score (nSPS) is 27.6. The van der Waals surface area contributed by atoms with Crippen LogP contribution in [0, 0.1) is 11.8 Å². The summed E-state index contributed by atoms with van der Waals surface area (Å²) >= 11 is 0. The molecule has 1 fully saturated rings. The third kappa shape index (κ3) is 6.82. The molecular weight excluding hydrogens is 313 g/mol. The Morgan fingerprint density at radius 2 is 1.96 bits per heavy atom. The number of rotatable bonds is 9. The molecule has 2 aliphatic rings. The summed E-state index contributed by atoms with van der Waals surface area (Å²) in [6, 6.07) is 0.351. The lowest BCUT2D eigenvalue weighted by Gasteiger charge is -2.33. The Balaban J connectivity index is 2.01. The number of nitrogens with one attached hydrogen (secondary N) is 2. The first-order valence-electron chi connectivity index (χ1n) is 10.0. The number of allylic oxidation sites excluding steroid dienone is 1. The van der Waals surface area contributed by atoms with Crippen molar-refractivity contribution in [2.45, 2.75) is 104 Å². The molecule has 0 bridgehead atoms. The molecule has 0 amide bonds. The molecule has 144 valence electrons. The van der Waals surface area contributed by atoms with Crippen LogP contribution in [0.5, 0.6) is 0 Å². The van der Waals surface area contributed by atoms with E-state index < -0.39 is 5.67 Å². The molecule has 0 aromatic heterocycles. The van der Waals surface area contributed by atoms with Gasteiger partial charge in [0.25, 0.3) is 0 Å². The van der Waals surface area contributed by atoms with E-state index in [1.54, 1.807) is 13.8 Å². The van der Waals surface area contributed by atoms with Gasteiger partial charge in [-0.15, -0.1) is 0 Å². The van der Waals surface area contributed by atoms with Crippen molar-refractivity contribution in [2.24, 2.45) is 16.8 Å². The minimum Gasteiger partial charge on any atom is -0.281 e. The fourth-order valence-electron chi connectivity index (χ4n) is 3.64. The van der Waals surface area contributed by atoms with Crippen LogP contribution in [0.1, 0.15) is 80.1 Å². The number of hydrogen-bond acceptors (Lipinski definition) is 3. The van der Waals surface area contributed by atoms with Gasteiger partial charge in [-0.3, -0.25) is 15.6 Å². The van der Waals surface area contributed by atoms with E-state index >= 15 is 0 Å². The predicted octanol–water partition coefficient (Wildman–Crippen LogP) is 4.98. The van der Waals surface area contributed by atoms with E-state index in [4.69, 9.17) is 4.99 Å². The van der Waals surface area contributed by atoms with Gasteiger partial charge in [0, 0.05) is 17.3 Å². The van der Waals surface area contributed by atoms with Crippen molar-refractivity contribution in [1.29, 1.82) is 0 Å². The number of alkyl halides is 1. The van der Waals surface area contributed by atoms with E-state index in [0.29, 0.717) is 30.7 Å². The second-order valence-corrected chi connectivity index (χ2v) is 9.15. The van der Waals surface area contributed by atoms with Crippen LogP contribution in [0.25, 0.3) is 0 Å². The molecule has 3 atom stereocenters. The minimum atomic E-state index is -1.13. The van der Waals surface area contributed by atoms with Crippen LogP contribution in [0.15, 0.2) is 17.1 Å². The monoisotopic (exact) mass is 351 g/mol. The van der Waals surface area contributed by atoms with Crippen LogP contribution in [-0.2, 0) is 0 Å². The third-order valence-electron chi connectivity index (χ3n) is 5.45. The summed E-state index contributed by atoms with van der Waals surface area (Å²) in [5.41, 5.74) is 0.0821. The summed E-state index contributed by atoms with van der Waals surface area (Å²) in [4.78, 5) is 4.86. The minimum absolute atomic E-state index is 0.0852. The number of aliphatic imine (C=N–C) groups is 1. The maximum Gasteiger partial charge on any atom is 0.154 e. The first kappa shape index (κ1) is 20.6. The van der Waals surface area contributed by atoms with Gasteiger partial charge in [-0.2, -0.15) is 0 Å². The van der Waals surface area contributed by atoms with Gasteiger partial charge in [0.2, 0.25) is 0 Å². The van der Waals surface area contributed by atoms with Gasteiger partial charge in [0.15, 0.2) is 6.29 Å². The lowest BCUT2D eigenvalue weighted by molar-refractivity contribution is 0.205. The first-order valence-corrected chi connectivity index (χ1v) is 10.0. The SMILES string of the molecule is CC(CCC(C)(C)F)=NC(NC(C)C)NC1([C@H]2C=C[C@@H](C)CC2)CC1. The summed E-state index contributed by atoms with van der Waals surface area (Å²) in [6.45, 7) is 11.9. The van der Waals surface area contributed by atoms with Gasteiger partial charge in [-0.25, -0.2) is 4.39 Å². The summed E-state index contributed by atoms with van der Waals surface area (Å²) in [5.74, 6) is 1.32. The lowest BCUT2D eigenvalue weighted by Crippen LogP contribution is -2.52. The topological polar surface area (TPSA) is 36.4 Å². The Kier molecular flexibility index (Phi) is 6.83. The summed E-state index contributed by atoms with van der Waals surface area (Å²) < 4.78 is 13.8. The zero-order valence-electron chi connectivity index (χ0n) is 17.0. The molecule has 0 saturated heterocycles. The molecule has 0 spiro atoms. The fraction of sp³-hybridized carbons (Fsp3) is 0.857. The Hall–Kier alpha value is -0.740. The zero-order valence-corrected chi connectivity index (χ0v) is 17.0. The largest absolute Gasteiger partial charge is 0.281 e. The molecule has 25 heavy (non-hydrogen) atoms. The molecule has 2 rings (SSSR count). The van der Waals surface area contributed by atoms with Gasteiger partial charge in [0.1, 0.15) is 5.67 Å². The molecule has 1 unspecified atom stereocenters. The summed E-state index contributed by atoms with van der Waals surface area (Å²) in [5, 5.41) is 7.34. The zero-order chi connectivity index (χ0) is 18.7. The molecule has 2 N–H and O–H groups in total. The molecule has 0 aromatic carbocycles. The average Bonchev–Trinajstić information content (AvgIpc) is 3.25. The highest BCUT2D eigenvalue weighted by atomic mass is 19.1. The number of hydrogen-bond donors (Lipinski definition) is 2. The molecule has 4 heteroatoms. The molecule has 0 radical (unpaired) electrons. The van der Waals surface area contributed by atoms with Gasteiger partial charge in [0.05, 0.1) is 0 Å². The van der Waals surface area contributed by atoms with Gasteiger partial charge >= 0.3 is 0 Å². The van der Waals surface area contributed by atoms with Gasteiger partial charge < -0.3 is 0 Å². The van der Waals surface area contributed by atoms with Gasteiger partial charge in [-0.05, 0) is 85.0 Å². The summed E-state index contributed by atoms with van der Waals surface area (Å²) in [6.07, 6.45) is 10.9. The van der Waals surface area contributed by atoms with Gasteiger partial charge in [-0.1, -0.05) is 19.1 Å². The Labute approximate surface area is 153 Å². The first-order chi connectivity index (χ1) is 11.6. The van der Waals surface area contributed by atoms with Crippen LogP contribution in [-0.4, -0.2) is 29.3 Å². The molecular formula is C21H38FN3. The van der Waals surface area contributed by atoms with E-state index in [9.17, 15) is 4.39 Å². The molecule has 2 aliphatic carbocycles. The highest BCUT2D eigenvalue weighted by Crippen LogP contribution is 2.47. The van der Waals surface area contributed by atoms with Crippen molar-refractivity contribution in [3.05, 3.63) is 12.2 Å². The predicted molar refractivity (Wildman–Crippen MR) is 106 cm³/mol. The molecule has 1 saturated carbocycles. The second-order valence-electron chi connectivity index (χ2n) is 9.15. The van der Waals surface area contributed by atoms with Crippen LogP contribution >= 0.6 is 0 Å². The van der Waals surface area contributed by atoms with Crippen molar-refractivity contribution in [3.63, 3.8) is 0 Å². The Bertz CT molecular complexity index is 486. The van der Waals surface area contributed by atoms with Crippen LogP contribution in [0.2, 0.25) is 0 Å². The van der Waals surface area contributed by atoms with E-state index in [1.807, 2.05) is 6.92 Å². The lowest BCUT2D eigenvalue weighted by atomic mass is 9.83.